The number of hydrogen-bond donors (Lipinski definition) is 2. The first-order chi connectivity index (χ1) is 7.15. The Morgan fingerprint density at radius 3 is 2.47 bits per heavy atom. The summed E-state index contributed by atoms with van der Waals surface area (Å²) in [5.41, 5.74) is 1.47. The summed E-state index contributed by atoms with van der Waals surface area (Å²) in [6, 6.07) is 9.60. The molecule has 2 N–H and O–H groups in total. The number of benzene rings is 1. The lowest BCUT2D eigenvalue weighted by molar-refractivity contribution is 0.288. The molecule has 0 aliphatic heterocycles. The predicted molar refractivity (Wildman–Crippen MR) is 63.9 cm³/mol. The van der Waals surface area contributed by atoms with Crippen LogP contribution in [0, 0.1) is 5.41 Å². The van der Waals surface area contributed by atoms with Crippen LogP contribution in [0.25, 0.3) is 0 Å². The molecule has 0 amide bonds. The molecule has 0 saturated carbocycles. The maximum absolute atomic E-state index is 9.28. The zero-order valence-electron chi connectivity index (χ0n) is 8.78. The van der Waals surface area contributed by atoms with Crippen molar-refractivity contribution < 1.29 is 5.11 Å². The summed E-state index contributed by atoms with van der Waals surface area (Å²) in [6.45, 7) is 1.82. The topological polar surface area (TPSA) is 44.1 Å². The number of nitrogens with one attached hydrogen (secondary N) is 1. The van der Waals surface area contributed by atoms with Gasteiger partial charge in [0.15, 0.2) is 0 Å². The van der Waals surface area contributed by atoms with Crippen molar-refractivity contribution in [3.8, 4) is 0 Å². The summed E-state index contributed by atoms with van der Waals surface area (Å²) < 4.78 is 0. The van der Waals surface area contributed by atoms with E-state index in [9.17, 15) is 5.11 Å². The van der Waals surface area contributed by atoms with Gasteiger partial charge >= 0.3 is 0 Å². The Balaban J connectivity index is 2.76. The lowest BCUT2D eigenvalue weighted by Crippen LogP contribution is -2.18. The smallest absolute Gasteiger partial charge is 0.0552 e. The Kier molecular flexibility index (Phi) is 4.79. The van der Waals surface area contributed by atoms with E-state index in [0.29, 0.717) is 12.1 Å². The molecule has 2 atom stereocenters. The van der Waals surface area contributed by atoms with E-state index in [4.69, 9.17) is 17.0 Å². The molecule has 1 aromatic carbocycles. The van der Waals surface area contributed by atoms with Crippen LogP contribution in [0.1, 0.15) is 24.8 Å². The van der Waals surface area contributed by atoms with Gasteiger partial charge < -0.3 is 10.5 Å². The van der Waals surface area contributed by atoms with Gasteiger partial charge in [0.25, 0.3) is 0 Å². The summed E-state index contributed by atoms with van der Waals surface area (Å²) in [7, 11) is 0. The van der Waals surface area contributed by atoms with E-state index in [2.05, 4.69) is 0 Å². The molecule has 0 spiro atoms. The van der Waals surface area contributed by atoms with E-state index in [1.165, 1.54) is 0 Å². The highest BCUT2D eigenvalue weighted by atomic mass is 35.5. The molecule has 0 unspecified atom stereocenters. The molecule has 82 valence electrons. The molecule has 0 saturated heterocycles. The van der Waals surface area contributed by atoms with Crippen molar-refractivity contribution in [3.63, 3.8) is 0 Å². The fourth-order valence-electron chi connectivity index (χ4n) is 1.55. The number of alkyl halides is 1. The number of rotatable bonds is 5. The molecule has 2 nitrogen and oxygen atoms in total. The average molecular weight is 226 g/mol. The molecule has 3 heteroatoms. The van der Waals surface area contributed by atoms with Crippen molar-refractivity contribution in [1.82, 2.24) is 0 Å². The molecule has 0 aliphatic carbocycles. The third kappa shape index (κ3) is 3.65. The Morgan fingerprint density at radius 2 is 2.00 bits per heavy atom. The first-order valence-electron chi connectivity index (χ1n) is 5.02. The standard InChI is InChI=1S/C12H16ClNO/c1-9(13)7-12(14)11(8-15)10-5-3-2-4-6-10/h2-6,9,11,14-15H,7-8H2,1H3/t9-,11+/m0/s1. The van der Waals surface area contributed by atoms with E-state index in [0.717, 1.165) is 5.56 Å². The summed E-state index contributed by atoms with van der Waals surface area (Å²) in [5, 5.41) is 17.1. The van der Waals surface area contributed by atoms with Gasteiger partial charge in [-0.1, -0.05) is 30.3 Å². The molecule has 0 aliphatic rings. The van der Waals surface area contributed by atoms with E-state index >= 15 is 0 Å². The first-order valence-corrected chi connectivity index (χ1v) is 5.46. The highest BCUT2D eigenvalue weighted by molar-refractivity contribution is 6.21. The first kappa shape index (κ1) is 12.2. The Morgan fingerprint density at radius 1 is 1.40 bits per heavy atom. The Bertz CT molecular complexity index is 311. The van der Waals surface area contributed by atoms with Crippen LogP contribution in [0.3, 0.4) is 0 Å². The number of aliphatic hydroxyl groups excluding tert-OH is 1. The van der Waals surface area contributed by atoms with Crippen LogP contribution in [0.4, 0.5) is 0 Å². The second-order valence-corrected chi connectivity index (χ2v) is 4.40. The van der Waals surface area contributed by atoms with E-state index in [-0.39, 0.29) is 17.9 Å². The molecule has 0 radical (unpaired) electrons. The highest BCUT2D eigenvalue weighted by Crippen LogP contribution is 2.19. The van der Waals surface area contributed by atoms with Crippen LogP contribution in [0.5, 0.6) is 0 Å². The third-order valence-electron chi connectivity index (χ3n) is 2.31. The zero-order valence-corrected chi connectivity index (χ0v) is 9.54. The van der Waals surface area contributed by atoms with E-state index < -0.39 is 0 Å². The van der Waals surface area contributed by atoms with Crippen molar-refractivity contribution in [1.29, 1.82) is 5.41 Å². The molecule has 0 bridgehead atoms. The molecular weight excluding hydrogens is 210 g/mol. The quantitative estimate of drug-likeness (QED) is 0.588. The molecular formula is C12H16ClNO. The fourth-order valence-corrected chi connectivity index (χ4v) is 1.71. The van der Waals surface area contributed by atoms with Crippen LogP contribution >= 0.6 is 11.6 Å². The third-order valence-corrected chi connectivity index (χ3v) is 2.46. The van der Waals surface area contributed by atoms with E-state index in [1.807, 2.05) is 37.3 Å². The summed E-state index contributed by atoms with van der Waals surface area (Å²) >= 11 is 5.84. The zero-order chi connectivity index (χ0) is 11.3. The Labute approximate surface area is 95.4 Å². The minimum atomic E-state index is -0.215. The number of aliphatic hydroxyl groups is 1. The maximum atomic E-state index is 9.28. The van der Waals surface area contributed by atoms with Crippen molar-refractivity contribution in [2.24, 2.45) is 0 Å². The van der Waals surface area contributed by atoms with Crippen LogP contribution in [0.15, 0.2) is 30.3 Å². The number of halogens is 1. The molecule has 15 heavy (non-hydrogen) atoms. The summed E-state index contributed by atoms with van der Waals surface area (Å²) in [4.78, 5) is 0. The van der Waals surface area contributed by atoms with Crippen molar-refractivity contribution in [3.05, 3.63) is 35.9 Å². The maximum Gasteiger partial charge on any atom is 0.0552 e. The van der Waals surface area contributed by atoms with Crippen LogP contribution in [-0.4, -0.2) is 22.8 Å². The SMILES string of the molecule is C[C@H](Cl)CC(=N)[C@H](CO)c1ccccc1. The minimum absolute atomic E-state index is 0.0353. The molecule has 0 heterocycles. The molecule has 1 rings (SSSR count). The highest BCUT2D eigenvalue weighted by Gasteiger charge is 2.16. The van der Waals surface area contributed by atoms with Gasteiger partial charge in [0.1, 0.15) is 0 Å². The van der Waals surface area contributed by atoms with Gasteiger partial charge in [0.2, 0.25) is 0 Å². The largest absolute Gasteiger partial charge is 0.395 e. The van der Waals surface area contributed by atoms with Gasteiger partial charge in [0, 0.05) is 23.4 Å². The predicted octanol–water partition coefficient (Wildman–Crippen LogP) is 2.80. The van der Waals surface area contributed by atoms with Crippen molar-refractivity contribution in [2.75, 3.05) is 6.61 Å². The Hall–Kier alpha value is -0.860. The molecule has 0 fully saturated rings. The van der Waals surface area contributed by atoms with Gasteiger partial charge in [-0.05, 0) is 12.5 Å². The second-order valence-electron chi connectivity index (χ2n) is 3.66. The molecule has 1 aromatic rings. The van der Waals surface area contributed by atoms with Gasteiger partial charge in [-0.3, -0.25) is 0 Å². The van der Waals surface area contributed by atoms with Crippen LogP contribution in [-0.2, 0) is 0 Å². The van der Waals surface area contributed by atoms with Gasteiger partial charge in [-0.25, -0.2) is 0 Å². The average Bonchev–Trinajstić information content (AvgIpc) is 2.19. The van der Waals surface area contributed by atoms with Crippen molar-refractivity contribution in [2.45, 2.75) is 24.6 Å². The van der Waals surface area contributed by atoms with E-state index in [1.54, 1.807) is 0 Å². The van der Waals surface area contributed by atoms with Crippen molar-refractivity contribution >= 4 is 17.3 Å². The van der Waals surface area contributed by atoms with Gasteiger partial charge in [-0.15, -0.1) is 11.6 Å². The monoisotopic (exact) mass is 225 g/mol. The number of hydrogen-bond acceptors (Lipinski definition) is 2. The van der Waals surface area contributed by atoms with Crippen LogP contribution < -0.4 is 0 Å². The normalized spacial score (nSPS) is 14.6. The van der Waals surface area contributed by atoms with Crippen LogP contribution in [0.2, 0.25) is 0 Å². The minimum Gasteiger partial charge on any atom is -0.395 e. The van der Waals surface area contributed by atoms with Gasteiger partial charge in [0.05, 0.1) is 6.61 Å². The second kappa shape index (κ2) is 5.89. The lowest BCUT2D eigenvalue weighted by Gasteiger charge is -2.16. The lowest BCUT2D eigenvalue weighted by atomic mass is 9.92. The molecule has 0 aromatic heterocycles. The summed E-state index contributed by atoms with van der Waals surface area (Å²) in [5.74, 6) is -0.215. The van der Waals surface area contributed by atoms with Gasteiger partial charge in [-0.2, -0.15) is 0 Å². The summed E-state index contributed by atoms with van der Waals surface area (Å²) in [6.07, 6.45) is 0.516. The fraction of sp³-hybridized carbons (Fsp3) is 0.417.